The van der Waals surface area contributed by atoms with E-state index in [0.717, 1.165) is 5.56 Å². The molecule has 2 amide bonds. The summed E-state index contributed by atoms with van der Waals surface area (Å²) in [7, 11) is -3.27. The molecule has 11 heteroatoms. The Bertz CT molecular complexity index is 1210. The lowest BCUT2D eigenvalue weighted by molar-refractivity contribution is -0.137. The van der Waals surface area contributed by atoms with Crippen LogP contribution in [0.1, 0.15) is 30.9 Å². The van der Waals surface area contributed by atoms with Crippen molar-refractivity contribution < 1.29 is 27.1 Å². The number of piperazine rings is 1. The van der Waals surface area contributed by atoms with E-state index in [2.05, 4.69) is 15.4 Å². The van der Waals surface area contributed by atoms with Crippen molar-refractivity contribution in [1.29, 1.82) is 0 Å². The van der Waals surface area contributed by atoms with Crippen molar-refractivity contribution in [3.05, 3.63) is 65.5 Å². The molecule has 4 rings (SSSR count). The van der Waals surface area contributed by atoms with E-state index in [1.165, 1.54) is 19.1 Å². The molecule has 0 spiro atoms. The molecular formula is C26H33FN4O5S. The summed E-state index contributed by atoms with van der Waals surface area (Å²) in [5, 5.41) is 6.15. The van der Waals surface area contributed by atoms with Crippen molar-refractivity contribution in [2.75, 3.05) is 25.4 Å². The Labute approximate surface area is 216 Å². The summed E-state index contributed by atoms with van der Waals surface area (Å²) in [5.41, 5.74) is 1.65. The first-order chi connectivity index (χ1) is 17.7. The van der Waals surface area contributed by atoms with Gasteiger partial charge in [-0.1, -0.05) is 30.3 Å². The molecule has 2 aromatic rings. The van der Waals surface area contributed by atoms with Crippen molar-refractivity contribution >= 4 is 21.8 Å². The average molecular weight is 533 g/mol. The van der Waals surface area contributed by atoms with E-state index < -0.39 is 27.9 Å². The number of nitrogens with one attached hydrogen (secondary N) is 3. The topological polar surface area (TPSA) is 117 Å². The number of hydrogen-bond donors (Lipinski definition) is 3. The Hall–Kier alpha value is -3.02. The van der Waals surface area contributed by atoms with E-state index in [1.807, 2.05) is 35.2 Å². The lowest BCUT2D eigenvalue weighted by atomic mass is 9.97. The summed E-state index contributed by atoms with van der Waals surface area (Å²) in [6.45, 7) is 3.25. The Kier molecular flexibility index (Phi) is 8.78. The molecule has 37 heavy (non-hydrogen) atoms. The molecule has 0 bridgehead atoms. The van der Waals surface area contributed by atoms with Crippen LogP contribution in [-0.4, -0.2) is 68.7 Å². The molecule has 2 saturated heterocycles. The SMILES string of the molecule is CC(=O)N[C@@H](Cc1cc(F)cc(OC[C@H]2CCS(=O)(=O)N2)c1)C[C@@H]1NCCN(Cc2ccccc2)C1=O. The summed E-state index contributed by atoms with van der Waals surface area (Å²) in [6, 6.07) is 12.8. The summed E-state index contributed by atoms with van der Waals surface area (Å²) in [6.07, 6.45) is 1.08. The Morgan fingerprint density at radius 2 is 2.00 bits per heavy atom. The van der Waals surface area contributed by atoms with Gasteiger partial charge in [0.25, 0.3) is 0 Å². The van der Waals surface area contributed by atoms with Crippen LogP contribution in [0.5, 0.6) is 5.75 Å². The quantitative estimate of drug-likeness (QED) is 0.425. The van der Waals surface area contributed by atoms with Gasteiger partial charge in [-0.2, -0.15) is 0 Å². The number of carbonyl (C=O) groups excluding carboxylic acids is 2. The van der Waals surface area contributed by atoms with E-state index in [0.29, 0.717) is 44.5 Å². The van der Waals surface area contributed by atoms with Crippen LogP contribution in [-0.2, 0) is 32.6 Å². The first-order valence-electron chi connectivity index (χ1n) is 12.4. The summed E-state index contributed by atoms with van der Waals surface area (Å²) in [5.74, 6) is -0.445. The maximum Gasteiger partial charge on any atom is 0.240 e. The van der Waals surface area contributed by atoms with E-state index in [9.17, 15) is 22.4 Å². The van der Waals surface area contributed by atoms with Crippen molar-refractivity contribution in [3.63, 3.8) is 0 Å². The van der Waals surface area contributed by atoms with Gasteiger partial charge in [0.1, 0.15) is 18.2 Å². The van der Waals surface area contributed by atoms with Crippen LogP contribution in [0, 0.1) is 5.82 Å². The molecule has 2 aliphatic rings. The van der Waals surface area contributed by atoms with Gasteiger partial charge in [0.05, 0.1) is 17.8 Å². The number of carbonyl (C=O) groups is 2. The standard InChI is InChI=1S/C26H33FN4O5S/c1-18(32)29-23(15-25-26(33)31(9-8-28-25)16-19-5-3-2-4-6-19)12-20-11-21(27)14-24(13-20)36-17-22-7-10-37(34,35)30-22/h2-6,11,13-14,22-23,25,28,30H,7-10,12,15-17H2,1H3,(H,29,32)/t22-,23+,25+/m1/s1. The zero-order valence-electron chi connectivity index (χ0n) is 20.8. The third-order valence-electron chi connectivity index (χ3n) is 6.47. The molecule has 0 radical (unpaired) electrons. The number of ether oxygens (including phenoxy) is 1. The molecule has 2 heterocycles. The Balaban J connectivity index is 1.40. The maximum atomic E-state index is 14.4. The lowest BCUT2D eigenvalue weighted by Gasteiger charge is -2.35. The van der Waals surface area contributed by atoms with Crippen LogP contribution < -0.4 is 20.1 Å². The van der Waals surface area contributed by atoms with Gasteiger partial charge in [-0.15, -0.1) is 0 Å². The van der Waals surface area contributed by atoms with Crippen molar-refractivity contribution in [2.24, 2.45) is 0 Å². The maximum absolute atomic E-state index is 14.4. The van der Waals surface area contributed by atoms with Crippen LogP contribution >= 0.6 is 0 Å². The number of benzene rings is 2. The smallest absolute Gasteiger partial charge is 0.240 e. The van der Waals surface area contributed by atoms with Gasteiger partial charge in [-0.05, 0) is 42.5 Å². The number of rotatable bonds is 10. The van der Waals surface area contributed by atoms with Crippen LogP contribution in [0.25, 0.3) is 0 Å². The van der Waals surface area contributed by atoms with Gasteiger partial charge >= 0.3 is 0 Å². The van der Waals surface area contributed by atoms with Crippen molar-refractivity contribution in [2.45, 2.75) is 50.9 Å². The highest BCUT2D eigenvalue weighted by molar-refractivity contribution is 7.89. The molecule has 0 unspecified atom stereocenters. The van der Waals surface area contributed by atoms with Crippen molar-refractivity contribution in [3.8, 4) is 5.75 Å². The molecule has 200 valence electrons. The monoisotopic (exact) mass is 532 g/mol. The highest BCUT2D eigenvalue weighted by Crippen LogP contribution is 2.21. The fraction of sp³-hybridized carbons (Fsp3) is 0.462. The van der Waals surface area contributed by atoms with Gasteiger partial charge in [-0.3, -0.25) is 9.59 Å². The highest BCUT2D eigenvalue weighted by Gasteiger charge is 2.31. The molecule has 0 aliphatic carbocycles. The predicted octanol–water partition coefficient (Wildman–Crippen LogP) is 1.33. The van der Waals surface area contributed by atoms with E-state index in [-0.39, 0.29) is 36.0 Å². The largest absolute Gasteiger partial charge is 0.492 e. The normalized spacial score (nSPS) is 22.0. The van der Waals surface area contributed by atoms with Gasteiger partial charge in [0.2, 0.25) is 21.8 Å². The molecule has 3 N–H and O–H groups in total. The fourth-order valence-corrected chi connectivity index (χ4v) is 6.20. The molecule has 2 aromatic carbocycles. The van der Waals surface area contributed by atoms with E-state index in [1.54, 1.807) is 6.07 Å². The highest BCUT2D eigenvalue weighted by atomic mass is 32.2. The molecule has 2 aliphatic heterocycles. The molecule has 9 nitrogen and oxygen atoms in total. The first kappa shape index (κ1) is 27.0. The second-order valence-corrected chi connectivity index (χ2v) is 11.5. The second-order valence-electron chi connectivity index (χ2n) is 9.62. The number of sulfonamides is 1. The minimum Gasteiger partial charge on any atom is -0.492 e. The van der Waals surface area contributed by atoms with Crippen LogP contribution in [0.15, 0.2) is 48.5 Å². The first-order valence-corrected chi connectivity index (χ1v) is 14.1. The molecule has 0 aromatic heterocycles. The third-order valence-corrected chi connectivity index (χ3v) is 7.94. The van der Waals surface area contributed by atoms with Crippen LogP contribution in [0.3, 0.4) is 0 Å². The molecule has 3 atom stereocenters. The Morgan fingerprint density at radius 1 is 1.22 bits per heavy atom. The fourth-order valence-electron chi connectivity index (χ4n) is 4.79. The average Bonchev–Trinajstić information content (AvgIpc) is 3.19. The van der Waals surface area contributed by atoms with Gasteiger partial charge in [-0.25, -0.2) is 17.5 Å². The van der Waals surface area contributed by atoms with E-state index >= 15 is 0 Å². The second kappa shape index (κ2) is 12.0. The Morgan fingerprint density at radius 3 is 2.70 bits per heavy atom. The summed E-state index contributed by atoms with van der Waals surface area (Å²) < 4.78 is 45.7. The lowest BCUT2D eigenvalue weighted by Crippen LogP contribution is -2.56. The number of nitrogens with zero attached hydrogens (tertiary/aromatic N) is 1. The zero-order chi connectivity index (χ0) is 26.4. The van der Waals surface area contributed by atoms with Crippen LogP contribution in [0.4, 0.5) is 4.39 Å². The summed E-state index contributed by atoms with van der Waals surface area (Å²) >= 11 is 0. The van der Waals surface area contributed by atoms with Gasteiger partial charge in [0, 0.05) is 38.7 Å². The van der Waals surface area contributed by atoms with Crippen molar-refractivity contribution in [1.82, 2.24) is 20.3 Å². The molecule has 2 fully saturated rings. The third kappa shape index (κ3) is 7.98. The zero-order valence-corrected chi connectivity index (χ0v) is 21.6. The molecule has 0 saturated carbocycles. The number of amides is 2. The van der Waals surface area contributed by atoms with Gasteiger partial charge < -0.3 is 20.3 Å². The van der Waals surface area contributed by atoms with E-state index in [4.69, 9.17) is 4.74 Å². The predicted molar refractivity (Wildman–Crippen MR) is 137 cm³/mol. The number of hydrogen-bond acceptors (Lipinski definition) is 6. The van der Waals surface area contributed by atoms with Crippen LogP contribution in [0.2, 0.25) is 0 Å². The minimum atomic E-state index is -3.27. The molecular weight excluding hydrogens is 499 g/mol. The minimum absolute atomic E-state index is 0.0345. The summed E-state index contributed by atoms with van der Waals surface area (Å²) in [4.78, 5) is 26.9. The van der Waals surface area contributed by atoms with Gasteiger partial charge in [0.15, 0.2) is 0 Å². The number of halogens is 1.